The molecule has 0 spiro atoms. The lowest BCUT2D eigenvalue weighted by molar-refractivity contribution is 0.0259. The number of hydrogen-bond acceptors (Lipinski definition) is 7. The van der Waals surface area contributed by atoms with Crippen molar-refractivity contribution >= 4 is 17.5 Å². The topological polar surface area (TPSA) is 99.4 Å². The van der Waals surface area contributed by atoms with Crippen molar-refractivity contribution in [1.82, 2.24) is 24.6 Å². The number of aromatic nitrogens is 4. The molecule has 0 aromatic carbocycles. The molecule has 3 rings (SSSR count). The molecule has 0 saturated carbocycles. The first-order chi connectivity index (χ1) is 11.9. The van der Waals surface area contributed by atoms with Gasteiger partial charge in [0.25, 0.3) is 5.91 Å². The molecule has 1 saturated heterocycles. The molecule has 0 unspecified atom stereocenters. The zero-order valence-electron chi connectivity index (χ0n) is 14.7. The molecule has 0 bridgehead atoms. The van der Waals surface area contributed by atoms with E-state index in [0.717, 1.165) is 11.6 Å². The van der Waals surface area contributed by atoms with Crippen LogP contribution in [0.3, 0.4) is 0 Å². The largest absolute Gasteiger partial charge is 0.386 e. The summed E-state index contributed by atoms with van der Waals surface area (Å²) in [6.45, 7) is 1.33. The van der Waals surface area contributed by atoms with Crippen molar-refractivity contribution in [2.24, 2.45) is 7.05 Å². The Bertz CT molecular complexity index is 762. The first-order valence-electron chi connectivity index (χ1n) is 8.12. The van der Waals surface area contributed by atoms with E-state index >= 15 is 0 Å². The summed E-state index contributed by atoms with van der Waals surface area (Å²) in [6, 6.07) is 3.51. The van der Waals surface area contributed by atoms with Crippen LogP contribution < -0.4 is 10.2 Å². The Labute approximate surface area is 146 Å². The normalized spacial score (nSPS) is 19.9. The van der Waals surface area contributed by atoms with Crippen molar-refractivity contribution in [2.45, 2.75) is 12.0 Å². The lowest BCUT2D eigenvalue weighted by atomic mass is 10.0. The van der Waals surface area contributed by atoms with Crippen LogP contribution in [0.15, 0.2) is 24.7 Å². The summed E-state index contributed by atoms with van der Waals surface area (Å²) in [5.41, 5.74) is -0.483. The first-order valence-corrected chi connectivity index (χ1v) is 8.12. The van der Waals surface area contributed by atoms with Crippen molar-refractivity contribution in [3.63, 3.8) is 0 Å². The van der Waals surface area contributed by atoms with Crippen molar-refractivity contribution in [1.29, 1.82) is 0 Å². The standard InChI is InChI=1S/C16H23N7O2/c1-17-13-8-14(19-11-18-13)23-7-5-16(25,10-23)9-21(2)15(24)12-4-6-20-22(12)3/h4,6,8,11,25H,5,7,9-10H2,1-3H3,(H,17,18,19)/t16-/m1/s1. The molecular formula is C16H23N7O2. The van der Waals surface area contributed by atoms with Gasteiger partial charge in [-0.1, -0.05) is 0 Å². The van der Waals surface area contributed by atoms with Crippen LogP contribution in [0, 0.1) is 0 Å². The fourth-order valence-corrected chi connectivity index (χ4v) is 3.13. The number of aliphatic hydroxyl groups is 1. The van der Waals surface area contributed by atoms with E-state index in [1.807, 2.05) is 11.0 Å². The average Bonchev–Trinajstić information content (AvgIpc) is 3.20. The number of anilines is 2. The maximum Gasteiger partial charge on any atom is 0.271 e. The first kappa shape index (κ1) is 17.2. The van der Waals surface area contributed by atoms with E-state index in [-0.39, 0.29) is 12.5 Å². The summed E-state index contributed by atoms with van der Waals surface area (Å²) in [5.74, 6) is 1.33. The number of aryl methyl sites for hydroxylation is 1. The zero-order valence-corrected chi connectivity index (χ0v) is 14.7. The maximum absolute atomic E-state index is 12.5. The fourth-order valence-electron chi connectivity index (χ4n) is 3.13. The molecule has 2 N–H and O–H groups in total. The fraction of sp³-hybridized carbons (Fsp3) is 0.500. The molecule has 1 aliphatic heterocycles. The number of carbonyl (C=O) groups is 1. The van der Waals surface area contributed by atoms with Crippen molar-refractivity contribution in [3.05, 3.63) is 30.4 Å². The molecule has 9 nitrogen and oxygen atoms in total. The molecule has 25 heavy (non-hydrogen) atoms. The van der Waals surface area contributed by atoms with Crippen molar-refractivity contribution in [2.75, 3.05) is 43.9 Å². The minimum Gasteiger partial charge on any atom is -0.386 e. The number of β-amino-alcohol motifs (C(OH)–C–C–N with tert-alkyl or cyclic N) is 1. The van der Waals surface area contributed by atoms with Crippen LogP contribution in [-0.4, -0.2) is 75.0 Å². The summed E-state index contributed by atoms with van der Waals surface area (Å²) in [7, 11) is 5.22. The van der Waals surface area contributed by atoms with E-state index in [9.17, 15) is 9.90 Å². The third-order valence-electron chi connectivity index (χ3n) is 4.48. The number of rotatable bonds is 5. The van der Waals surface area contributed by atoms with Crippen molar-refractivity contribution < 1.29 is 9.90 Å². The van der Waals surface area contributed by atoms with E-state index in [4.69, 9.17) is 0 Å². The highest BCUT2D eigenvalue weighted by Gasteiger charge is 2.38. The molecule has 1 aliphatic rings. The number of nitrogens with one attached hydrogen (secondary N) is 1. The van der Waals surface area contributed by atoms with Crippen molar-refractivity contribution in [3.8, 4) is 0 Å². The van der Waals surface area contributed by atoms with Crippen LogP contribution in [-0.2, 0) is 7.05 Å². The third kappa shape index (κ3) is 3.55. The highest BCUT2D eigenvalue weighted by Crippen LogP contribution is 2.27. The third-order valence-corrected chi connectivity index (χ3v) is 4.48. The van der Waals surface area contributed by atoms with E-state index in [2.05, 4.69) is 20.4 Å². The lowest BCUT2D eigenvalue weighted by Gasteiger charge is -2.29. The molecule has 0 radical (unpaired) electrons. The summed E-state index contributed by atoms with van der Waals surface area (Å²) in [5, 5.41) is 17.9. The predicted molar refractivity (Wildman–Crippen MR) is 93.5 cm³/mol. The summed E-state index contributed by atoms with van der Waals surface area (Å²) in [6.07, 6.45) is 3.65. The van der Waals surface area contributed by atoms with Crippen LogP contribution in [0.4, 0.5) is 11.6 Å². The Kier molecular flexibility index (Phi) is 4.58. The van der Waals surface area contributed by atoms with Crippen LogP contribution >= 0.6 is 0 Å². The second-order valence-electron chi connectivity index (χ2n) is 6.41. The molecule has 3 heterocycles. The average molecular weight is 345 g/mol. The van der Waals surface area contributed by atoms with Gasteiger partial charge in [-0.25, -0.2) is 9.97 Å². The molecule has 0 aliphatic carbocycles. The molecular weight excluding hydrogens is 322 g/mol. The Hall–Kier alpha value is -2.68. The van der Waals surface area contributed by atoms with Gasteiger partial charge in [0.1, 0.15) is 29.3 Å². The minimum absolute atomic E-state index is 0.161. The monoisotopic (exact) mass is 345 g/mol. The molecule has 134 valence electrons. The summed E-state index contributed by atoms with van der Waals surface area (Å²) in [4.78, 5) is 24.4. The summed E-state index contributed by atoms with van der Waals surface area (Å²) < 4.78 is 1.53. The van der Waals surface area contributed by atoms with Gasteiger partial charge in [-0.05, 0) is 12.5 Å². The zero-order chi connectivity index (χ0) is 18.0. The van der Waals surface area contributed by atoms with Gasteiger partial charge in [-0.15, -0.1) is 0 Å². The molecule has 1 fully saturated rings. The second-order valence-corrected chi connectivity index (χ2v) is 6.41. The molecule has 1 atom stereocenters. The van der Waals surface area contributed by atoms with E-state index in [0.29, 0.717) is 25.2 Å². The molecule has 2 aromatic rings. The van der Waals surface area contributed by atoms with Gasteiger partial charge in [-0.2, -0.15) is 5.10 Å². The maximum atomic E-state index is 12.5. The Morgan fingerprint density at radius 1 is 1.48 bits per heavy atom. The quantitative estimate of drug-likeness (QED) is 0.785. The smallest absolute Gasteiger partial charge is 0.271 e. The van der Waals surface area contributed by atoms with Gasteiger partial charge in [-0.3, -0.25) is 9.48 Å². The van der Waals surface area contributed by atoms with Crippen LogP contribution in [0.1, 0.15) is 16.9 Å². The van der Waals surface area contributed by atoms with Crippen LogP contribution in [0.2, 0.25) is 0 Å². The van der Waals surface area contributed by atoms with Crippen LogP contribution in [0.25, 0.3) is 0 Å². The summed E-state index contributed by atoms with van der Waals surface area (Å²) >= 11 is 0. The van der Waals surface area contributed by atoms with Gasteiger partial charge in [0.15, 0.2) is 0 Å². The molecule has 1 amide bonds. The Balaban J connectivity index is 1.67. The van der Waals surface area contributed by atoms with Gasteiger partial charge >= 0.3 is 0 Å². The Morgan fingerprint density at radius 2 is 2.28 bits per heavy atom. The van der Waals surface area contributed by atoms with E-state index < -0.39 is 5.60 Å². The number of amides is 1. The number of nitrogens with zero attached hydrogens (tertiary/aromatic N) is 6. The Morgan fingerprint density at radius 3 is 2.96 bits per heavy atom. The minimum atomic E-state index is -0.978. The number of carbonyl (C=O) groups excluding carboxylic acids is 1. The SMILES string of the molecule is CNc1cc(N2CC[C@@](O)(CN(C)C(=O)c3ccnn3C)C2)ncn1. The van der Waals surface area contributed by atoms with Gasteiger partial charge in [0.05, 0.1) is 6.54 Å². The number of hydrogen-bond donors (Lipinski definition) is 2. The highest BCUT2D eigenvalue weighted by atomic mass is 16.3. The van der Waals surface area contributed by atoms with Gasteiger partial charge in [0, 0.05) is 46.5 Å². The van der Waals surface area contributed by atoms with Gasteiger partial charge < -0.3 is 20.2 Å². The second kappa shape index (κ2) is 6.67. The van der Waals surface area contributed by atoms with E-state index in [1.54, 1.807) is 38.3 Å². The highest BCUT2D eigenvalue weighted by molar-refractivity contribution is 5.92. The molecule has 9 heteroatoms. The van der Waals surface area contributed by atoms with E-state index in [1.165, 1.54) is 11.0 Å². The lowest BCUT2D eigenvalue weighted by Crippen LogP contribution is -2.46. The predicted octanol–water partition coefficient (Wildman–Crippen LogP) is -0.0348. The molecule has 2 aromatic heterocycles. The van der Waals surface area contributed by atoms with Gasteiger partial charge in [0.2, 0.25) is 0 Å². The van der Waals surface area contributed by atoms with Crippen LogP contribution in [0.5, 0.6) is 0 Å². The number of likely N-dealkylation sites (N-methyl/N-ethyl adjacent to an activating group) is 1.